The molecule has 0 aromatic heterocycles. The Morgan fingerprint density at radius 2 is 2.12 bits per heavy atom. The summed E-state index contributed by atoms with van der Waals surface area (Å²) >= 11 is 0. The molecule has 1 aromatic carbocycles. The van der Waals surface area contributed by atoms with Gasteiger partial charge in [0.2, 0.25) is 5.78 Å². The predicted octanol–water partition coefficient (Wildman–Crippen LogP) is 2.12. The van der Waals surface area contributed by atoms with E-state index >= 15 is 0 Å². The number of anilines is 1. The smallest absolute Gasteiger partial charge is 0.257 e. The van der Waals surface area contributed by atoms with Gasteiger partial charge >= 0.3 is 0 Å². The molecule has 1 aromatic rings. The molecule has 2 heterocycles. The van der Waals surface area contributed by atoms with Crippen LogP contribution in [0, 0.1) is 0 Å². The van der Waals surface area contributed by atoms with Gasteiger partial charge in [0.15, 0.2) is 0 Å². The van der Waals surface area contributed by atoms with E-state index in [1.807, 2.05) is 18.2 Å². The molecule has 3 rings (SSSR count). The molecule has 1 N–H and O–H groups in total. The second kappa shape index (κ2) is 3.57. The summed E-state index contributed by atoms with van der Waals surface area (Å²) in [4.78, 5) is 17.7. The van der Waals surface area contributed by atoms with E-state index in [9.17, 15) is 4.79 Å². The molecule has 1 fully saturated rings. The molecule has 0 radical (unpaired) electrons. The second-order valence-corrected chi connectivity index (χ2v) is 4.14. The molecule has 1 spiro atoms. The Morgan fingerprint density at radius 1 is 1.25 bits per heavy atom. The van der Waals surface area contributed by atoms with E-state index in [-0.39, 0.29) is 5.78 Å². The molecule has 0 amide bonds. The number of para-hydroxylation sites is 1. The lowest BCUT2D eigenvalue weighted by molar-refractivity contribution is -0.208. The Morgan fingerprint density at radius 3 is 2.94 bits per heavy atom. The van der Waals surface area contributed by atoms with Gasteiger partial charge in [-0.05, 0) is 25.0 Å². The molecule has 0 saturated carbocycles. The van der Waals surface area contributed by atoms with Crippen LogP contribution < -0.4 is 5.48 Å². The maximum atomic E-state index is 12.3. The van der Waals surface area contributed by atoms with Crippen molar-refractivity contribution in [3.05, 3.63) is 29.8 Å². The number of hydrogen-bond donors (Lipinski definition) is 1. The molecule has 0 bridgehead atoms. The van der Waals surface area contributed by atoms with Crippen LogP contribution in [0.15, 0.2) is 24.3 Å². The first kappa shape index (κ1) is 9.81. The van der Waals surface area contributed by atoms with Crippen molar-refractivity contribution in [1.82, 2.24) is 0 Å². The summed E-state index contributed by atoms with van der Waals surface area (Å²) < 4.78 is 5.54. The van der Waals surface area contributed by atoms with Crippen LogP contribution in [0.5, 0.6) is 0 Å². The van der Waals surface area contributed by atoms with Crippen LogP contribution in [0.1, 0.15) is 29.6 Å². The Hall–Kier alpha value is -1.39. The number of nitrogens with one attached hydrogen (secondary N) is 1. The van der Waals surface area contributed by atoms with E-state index in [1.54, 1.807) is 6.07 Å². The van der Waals surface area contributed by atoms with Gasteiger partial charge in [0, 0.05) is 12.0 Å². The Kier molecular flexibility index (Phi) is 2.19. The number of Topliss-reactive ketones (excluding diaryl/α,β-unsaturated/α-hetero) is 1. The molecule has 4 heteroatoms. The zero-order chi connectivity index (χ0) is 11.0. The van der Waals surface area contributed by atoms with E-state index in [1.165, 1.54) is 0 Å². The number of fused-ring (bicyclic) bond motifs is 1. The van der Waals surface area contributed by atoms with Crippen LogP contribution in [0.3, 0.4) is 0 Å². The van der Waals surface area contributed by atoms with E-state index in [4.69, 9.17) is 9.57 Å². The minimum absolute atomic E-state index is 0.0680. The van der Waals surface area contributed by atoms with Crippen LogP contribution in [-0.2, 0) is 9.57 Å². The van der Waals surface area contributed by atoms with Crippen LogP contribution in [0.4, 0.5) is 5.69 Å². The quantitative estimate of drug-likeness (QED) is 0.726. The molecule has 4 nitrogen and oxygen atoms in total. The Balaban J connectivity index is 2.00. The average molecular weight is 219 g/mol. The molecule has 2 aliphatic heterocycles. The summed E-state index contributed by atoms with van der Waals surface area (Å²) in [6.45, 7) is 0.579. The van der Waals surface area contributed by atoms with Crippen molar-refractivity contribution in [1.29, 1.82) is 0 Å². The fourth-order valence-corrected chi connectivity index (χ4v) is 2.19. The molecule has 1 saturated heterocycles. The summed E-state index contributed by atoms with van der Waals surface area (Å²) in [5.41, 5.74) is 4.17. The largest absolute Gasteiger partial charge is 0.342 e. The third kappa shape index (κ3) is 1.34. The first-order valence-electron chi connectivity index (χ1n) is 5.54. The minimum Gasteiger partial charge on any atom is -0.342 e. The highest BCUT2D eigenvalue weighted by Gasteiger charge is 2.46. The van der Waals surface area contributed by atoms with E-state index in [0.717, 1.165) is 12.8 Å². The first-order chi connectivity index (χ1) is 7.82. The molecule has 84 valence electrons. The number of benzene rings is 1. The van der Waals surface area contributed by atoms with Gasteiger partial charge < -0.3 is 4.74 Å². The highest BCUT2D eigenvalue weighted by Crippen LogP contribution is 2.36. The molecule has 16 heavy (non-hydrogen) atoms. The molecule has 1 unspecified atom stereocenters. The van der Waals surface area contributed by atoms with Crippen molar-refractivity contribution in [3.8, 4) is 0 Å². The molecule has 1 atom stereocenters. The third-order valence-corrected chi connectivity index (χ3v) is 3.08. The number of hydrogen-bond acceptors (Lipinski definition) is 4. The zero-order valence-corrected chi connectivity index (χ0v) is 8.86. The molecule has 0 aliphatic carbocycles. The maximum Gasteiger partial charge on any atom is 0.257 e. The lowest BCUT2D eigenvalue weighted by atomic mass is 9.94. The van der Waals surface area contributed by atoms with Crippen molar-refractivity contribution in [3.63, 3.8) is 0 Å². The van der Waals surface area contributed by atoms with Gasteiger partial charge in [-0.3, -0.25) is 10.3 Å². The lowest BCUT2D eigenvalue weighted by Gasteiger charge is -2.38. The number of carbonyl (C=O) groups excluding carboxylic acids is 1. The summed E-state index contributed by atoms with van der Waals surface area (Å²) in [5.74, 6) is -1.16. The summed E-state index contributed by atoms with van der Waals surface area (Å²) in [5, 5.41) is 0. The van der Waals surface area contributed by atoms with Crippen LogP contribution >= 0.6 is 0 Å². The van der Waals surface area contributed by atoms with Gasteiger partial charge in [-0.25, -0.2) is 4.84 Å². The van der Waals surface area contributed by atoms with Gasteiger partial charge in [-0.15, -0.1) is 0 Å². The second-order valence-electron chi connectivity index (χ2n) is 4.14. The third-order valence-electron chi connectivity index (χ3n) is 3.08. The molecular weight excluding hydrogens is 206 g/mol. The van der Waals surface area contributed by atoms with Gasteiger partial charge in [0.05, 0.1) is 12.3 Å². The lowest BCUT2D eigenvalue weighted by Crippen LogP contribution is -2.50. The van der Waals surface area contributed by atoms with E-state index in [2.05, 4.69) is 5.48 Å². The normalized spacial score (nSPS) is 28.6. The average Bonchev–Trinajstić information content (AvgIpc) is 2.36. The van der Waals surface area contributed by atoms with Gasteiger partial charge in [-0.2, -0.15) is 0 Å². The van der Waals surface area contributed by atoms with Crippen molar-refractivity contribution in [2.75, 3.05) is 12.1 Å². The predicted molar refractivity (Wildman–Crippen MR) is 58.0 cm³/mol. The minimum atomic E-state index is -1.09. The standard InChI is InChI=1S/C12H13NO3/c14-11-9-5-1-2-6-10(9)13-16-12(11)7-3-4-8-15-12/h1-2,5-6,13H,3-4,7-8H2. The summed E-state index contributed by atoms with van der Waals surface area (Å²) in [6, 6.07) is 7.33. The first-order valence-corrected chi connectivity index (χ1v) is 5.54. The monoisotopic (exact) mass is 219 g/mol. The summed E-state index contributed by atoms with van der Waals surface area (Å²) in [7, 11) is 0. The number of rotatable bonds is 0. The van der Waals surface area contributed by atoms with Gasteiger partial charge in [-0.1, -0.05) is 12.1 Å². The highest BCUT2D eigenvalue weighted by atomic mass is 16.8. The zero-order valence-electron chi connectivity index (χ0n) is 8.86. The van der Waals surface area contributed by atoms with Crippen molar-refractivity contribution < 1.29 is 14.4 Å². The van der Waals surface area contributed by atoms with Crippen LogP contribution in [-0.4, -0.2) is 18.2 Å². The van der Waals surface area contributed by atoms with Crippen molar-refractivity contribution in [2.24, 2.45) is 0 Å². The molecule has 2 aliphatic rings. The van der Waals surface area contributed by atoms with Crippen molar-refractivity contribution >= 4 is 11.5 Å². The molecular formula is C12H13NO3. The van der Waals surface area contributed by atoms with E-state index in [0.29, 0.717) is 24.3 Å². The Bertz CT molecular complexity index is 424. The van der Waals surface area contributed by atoms with Gasteiger partial charge in [0.25, 0.3) is 5.79 Å². The fraction of sp³-hybridized carbons (Fsp3) is 0.417. The van der Waals surface area contributed by atoms with Gasteiger partial charge in [0.1, 0.15) is 0 Å². The number of ketones is 1. The fourth-order valence-electron chi connectivity index (χ4n) is 2.19. The van der Waals surface area contributed by atoms with Crippen LogP contribution in [0.2, 0.25) is 0 Å². The van der Waals surface area contributed by atoms with Crippen LogP contribution in [0.25, 0.3) is 0 Å². The topological polar surface area (TPSA) is 47.6 Å². The van der Waals surface area contributed by atoms with Crippen molar-refractivity contribution in [2.45, 2.75) is 25.0 Å². The highest BCUT2D eigenvalue weighted by molar-refractivity contribution is 6.06. The summed E-state index contributed by atoms with van der Waals surface area (Å²) in [6.07, 6.45) is 2.56. The Labute approximate surface area is 93.5 Å². The maximum absolute atomic E-state index is 12.3. The number of carbonyl (C=O) groups is 1. The van der Waals surface area contributed by atoms with E-state index < -0.39 is 5.79 Å². The SMILES string of the molecule is O=C1c2ccccc2NOC12CCCCO2. The number of ether oxygens (including phenoxy) is 1.